The van der Waals surface area contributed by atoms with Crippen LogP contribution in [0.5, 0.6) is 0 Å². The van der Waals surface area contributed by atoms with E-state index in [4.69, 9.17) is 0 Å². The van der Waals surface area contributed by atoms with E-state index in [2.05, 4.69) is 16.0 Å². The van der Waals surface area contributed by atoms with E-state index in [1.807, 2.05) is 26.0 Å². The molecule has 0 saturated carbocycles. The maximum absolute atomic E-state index is 12.4. The summed E-state index contributed by atoms with van der Waals surface area (Å²) in [6.07, 6.45) is 2.15. The Morgan fingerprint density at radius 1 is 1.10 bits per heavy atom. The molecule has 1 aliphatic heterocycles. The zero-order valence-electron chi connectivity index (χ0n) is 12.7. The lowest BCUT2D eigenvalue weighted by molar-refractivity contribution is -0.126. The second kappa shape index (κ2) is 6.72. The Bertz CT molecular complexity index is 505. The highest BCUT2D eigenvalue weighted by molar-refractivity contribution is 5.95. The molecule has 0 unspecified atom stereocenters. The molecule has 3 N–H and O–H groups in total. The van der Waals surface area contributed by atoms with Gasteiger partial charge in [-0.25, -0.2) is 0 Å². The Labute approximate surface area is 125 Å². The maximum atomic E-state index is 12.4. The van der Waals surface area contributed by atoms with Gasteiger partial charge in [-0.3, -0.25) is 9.59 Å². The van der Waals surface area contributed by atoms with Gasteiger partial charge < -0.3 is 16.0 Å². The summed E-state index contributed by atoms with van der Waals surface area (Å²) in [6, 6.07) is 7.23. The quantitative estimate of drug-likeness (QED) is 0.797. The molecule has 5 nitrogen and oxygen atoms in total. The summed E-state index contributed by atoms with van der Waals surface area (Å²) >= 11 is 0. The Morgan fingerprint density at radius 2 is 1.62 bits per heavy atom. The topological polar surface area (TPSA) is 70.2 Å². The molecular weight excluding hydrogens is 266 g/mol. The zero-order valence-corrected chi connectivity index (χ0v) is 12.7. The van der Waals surface area contributed by atoms with Gasteiger partial charge in [-0.1, -0.05) is 13.8 Å². The van der Waals surface area contributed by atoms with E-state index in [1.165, 1.54) is 0 Å². The predicted octanol–water partition coefficient (Wildman–Crippen LogP) is 2.36. The predicted molar refractivity (Wildman–Crippen MR) is 84.2 cm³/mol. The molecule has 0 spiro atoms. The van der Waals surface area contributed by atoms with Crippen LogP contribution in [-0.4, -0.2) is 24.9 Å². The molecule has 1 aromatic carbocycles. The standard InChI is InChI=1S/C16H23N3O2/c1-3-14(20)18-12-4-6-13(7-5-12)19-15(21)16(2)8-10-17-11-9-16/h4-7,17H,3,8-11H2,1-2H3,(H,18,20)(H,19,21). The SMILES string of the molecule is CCC(=O)Nc1ccc(NC(=O)C2(C)CCNCC2)cc1. The van der Waals surface area contributed by atoms with Crippen LogP contribution in [0.15, 0.2) is 24.3 Å². The summed E-state index contributed by atoms with van der Waals surface area (Å²) in [7, 11) is 0. The van der Waals surface area contributed by atoms with Crippen LogP contribution in [0.25, 0.3) is 0 Å². The number of rotatable bonds is 4. The molecule has 0 radical (unpaired) electrons. The van der Waals surface area contributed by atoms with E-state index < -0.39 is 0 Å². The van der Waals surface area contributed by atoms with Crippen LogP contribution in [0, 0.1) is 5.41 Å². The van der Waals surface area contributed by atoms with Gasteiger partial charge in [0.2, 0.25) is 11.8 Å². The minimum Gasteiger partial charge on any atom is -0.326 e. The lowest BCUT2D eigenvalue weighted by Crippen LogP contribution is -2.42. The first-order chi connectivity index (χ1) is 10.0. The van der Waals surface area contributed by atoms with Crippen molar-refractivity contribution in [3.8, 4) is 0 Å². The summed E-state index contributed by atoms with van der Waals surface area (Å²) in [4.78, 5) is 23.7. The van der Waals surface area contributed by atoms with E-state index in [-0.39, 0.29) is 17.2 Å². The second-order valence-corrected chi connectivity index (χ2v) is 5.74. The summed E-state index contributed by atoms with van der Waals surface area (Å²) in [6.45, 7) is 5.58. The normalized spacial score (nSPS) is 17.0. The average molecular weight is 289 g/mol. The first-order valence-electron chi connectivity index (χ1n) is 7.45. The molecule has 0 bridgehead atoms. The van der Waals surface area contributed by atoms with Crippen LogP contribution >= 0.6 is 0 Å². The van der Waals surface area contributed by atoms with Crippen molar-refractivity contribution in [2.75, 3.05) is 23.7 Å². The highest BCUT2D eigenvalue weighted by Crippen LogP contribution is 2.29. The highest BCUT2D eigenvalue weighted by Gasteiger charge is 2.34. The number of carbonyl (C=O) groups excluding carboxylic acids is 2. The Morgan fingerprint density at radius 3 is 2.14 bits per heavy atom. The Balaban J connectivity index is 1.96. The Hall–Kier alpha value is -1.88. The third-order valence-electron chi connectivity index (χ3n) is 4.00. The van der Waals surface area contributed by atoms with E-state index in [0.29, 0.717) is 6.42 Å². The minimum absolute atomic E-state index is 0.0194. The first-order valence-corrected chi connectivity index (χ1v) is 7.45. The van der Waals surface area contributed by atoms with E-state index in [1.54, 1.807) is 12.1 Å². The van der Waals surface area contributed by atoms with Crippen molar-refractivity contribution in [1.82, 2.24) is 5.32 Å². The number of anilines is 2. The van der Waals surface area contributed by atoms with Gasteiger partial charge in [0.05, 0.1) is 0 Å². The van der Waals surface area contributed by atoms with Crippen LogP contribution < -0.4 is 16.0 Å². The monoisotopic (exact) mass is 289 g/mol. The van der Waals surface area contributed by atoms with Crippen LogP contribution in [0.3, 0.4) is 0 Å². The number of amides is 2. The first kappa shape index (κ1) is 15.5. The van der Waals surface area contributed by atoms with Crippen molar-refractivity contribution in [1.29, 1.82) is 0 Å². The third kappa shape index (κ3) is 4.04. The summed E-state index contributed by atoms with van der Waals surface area (Å²) < 4.78 is 0. The number of piperidine rings is 1. The van der Waals surface area contributed by atoms with Crippen molar-refractivity contribution in [2.45, 2.75) is 33.1 Å². The van der Waals surface area contributed by atoms with E-state index in [0.717, 1.165) is 37.3 Å². The molecule has 1 saturated heterocycles. The second-order valence-electron chi connectivity index (χ2n) is 5.74. The molecule has 5 heteroatoms. The van der Waals surface area contributed by atoms with Gasteiger partial charge in [-0.2, -0.15) is 0 Å². The summed E-state index contributed by atoms with van der Waals surface area (Å²) in [5.74, 6) is 0.0448. The fourth-order valence-corrected chi connectivity index (χ4v) is 2.37. The average Bonchev–Trinajstić information content (AvgIpc) is 2.50. The van der Waals surface area contributed by atoms with Crippen molar-refractivity contribution in [3.05, 3.63) is 24.3 Å². The molecule has 1 aromatic rings. The van der Waals surface area contributed by atoms with Crippen LogP contribution in [-0.2, 0) is 9.59 Å². The fraction of sp³-hybridized carbons (Fsp3) is 0.500. The number of hydrogen-bond donors (Lipinski definition) is 3. The minimum atomic E-state index is -0.305. The molecule has 2 rings (SSSR count). The van der Waals surface area contributed by atoms with Gasteiger partial charge in [0.1, 0.15) is 0 Å². The molecule has 1 heterocycles. The van der Waals surface area contributed by atoms with Crippen molar-refractivity contribution in [2.24, 2.45) is 5.41 Å². The van der Waals surface area contributed by atoms with E-state index >= 15 is 0 Å². The van der Waals surface area contributed by atoms with Crippen molar-refractivity contribution in [3.63, 3.8) is 0 Å². The molecule has 114 valence electrons. The van der Waals surface area contributed by atoms with Crippen molar-refractivity contribution < 1.29 is 9.59 Å². The molecule has 1 fully saturated rings. The molecule has 0 aliphatic carbocycles. The summed E-state index contributed by atoms with van der Waals surface area (Å²) in [5.41, 5.74) is 1.20. The molecular formula is C16H23N3O2. The van der Waals surface area contributed by atoms with Gasteiger partial charge >= 0.3 is 0 Å². The number of hydrogen-bond acceptors (Lipinski definition) is 3. The zero-order chi connectivity index (χ0) is 15.3. The maximum Gasteiger partial charge on any atom is 0.230 e. The Kier molecular flexibility index (Phi) is 4.96. The van der Waals surface area contributed by atoms with Gasteiger partial charge in [0.15, 0.2) is 0 Å². The fourth-order valence-electron chi connectivity index (χ4n) is 2.37. The lowest BCUT2D eigenvalue weighted by atomic mass is 9.80. The molecule has 2 amide bonds. The largest absolute Gasteiger partial charge is 0.326 e. The smallest absolute Gasteiger partial charge is 0.230 e. The van der Waals surface area contributed by atoms with Crippen LogP contribution in [0.4, 0.5) is 11.4 Å². The highest BCUT2D eigenvalue weighted by atomic mass is 16.2. The molecule has 21 heavy (non-hydrogen) atoms. The third-order valence-corrected chi connectivity index (χ3v) is 4.00. The van der Waals surface area contributed by atoms with Crippen molar-refractivity contribution >= 4 is 23.2 Å². The number of carbonyl (C=O) groups is 2. The molecule has 1 aliphatic rings. The van der Waals surface area contributed by atoms with Crippen LogP contribution in [0.2, 0.25) is 0 Å². The number of benzene rings is 1. The lowest BCUT2D eigenvalue weighted by Gasteiger charge is -2.32. The van der Waals surface area contributed by atoms with Gasteiger partial charge in [-0.15, -0.1) is 0 Å². The van der Waals surface area contributed by atoms with E-state index in [9.17, 15) is 9.59 Å². The summed E-state index contributed by atoms with van der Waals surface area (Å²) in [5, 5.41) is 9.02. The number of nitrogens with one attached hydrogen (secondary N) is 3. The van der Waals surface area contributed by atoms with Crippen LogP contribution in [0.1, 0.15) is 33.1 Å². The molecule has 0 atom stereocenters. The molecule has 0 aromatic heterocycles. The van der Waals surface area contributed by atoms with Gasteiger partial charge in [-0.05, 0) is 50.2 Å². The van der Waals surface area contributed by atoms with Gasteiger partial charge in [0.25, 0.3) is 0 Å². The van der Waals surface area contributed by atoms with Gasteiger partial charge in [0, 0.05) is 23.2 Å².